The summed E-state index contributed by atoms with van der Waals surface area (Å²) in [7, 11) is 0. The van der Waals surface area contributed by atoms with Crippen LogP contribution in [0.1, 0.15) is 25.7 Å². The Morgan fingerprint density at radius 2 is 2.36 bits per heavy atom. The van der Waals surface area contributed by atoms with Crippen LogP contribution in [-0.2, 0) is 4.79 Å². The molecule has 2 fully saturated rings. The highest BCUT2D eigenvalue weighted by molar-refractivity contribution is 6.22. The topological polar surface area (TPSA) is 37.3 Å². The number of aliphatic carboxylic acids is 1. The van der Waals surface area contributed by atoms with Gasteiger partial charge in [-0.3, -0.25) is 4.79 Å². The summed E-state index contributed by atoms with van der Waals surface area (Å²) in [5, 5.41) is 8.86. The van der Waals surface area contributed by atoms with E-state index in [1.54, 1.807) is 0 Å². The van der Waals surface area contributed by atoms with Crippen LogP contribution in [-0.4, -0.2) is 16.5 Å². The van der Waals surface area contributed by atoms with Crippen LogP contribution in [0, 0.1) is 11.3 Å². The molecule has 0 aromatic carbocycles. The molecule has 0 unspecified atom stereocenters. The number of rotatable bonds is 1. The van der Waals surface area contributed by atoms with E-state index in [-0.39, 0.29) is 5.38 Å². The first-order valence-electron chi connectivity index (χ1n) is 4.02. The Labute approximate surface area is 70.5 Å². The molecule has 3 atom stereocenters. The van der Waals surface area contributed by atoms with E-state index in [1.807, 2.05) is 0 Å². The van der Waals surface area contributed by atoms with Crippen molar-refractivity contribution in [3.63, 3.8) is 0 Å². The molecule has 2 saturated carbocycles. The molecule has 62 valence electrons. The van der Waals surface area contributed by atoms with Gasteiger partial charge in [-0.2, -0.15) is 0 Å². The maximum atomic E-state index is 10.9. The Bertz CT molecular complexity index is 204. The summed E-state index contributed by atoms with van der Waals surface area (Å²) in [4.78, 5) is 10.9. The molecule has 2 aliphatic rings. The van der Waals surface area contributed by atoms with Crippen LogP contribution in [0.15, 0.2) is 0 Å². The van der Waals surface area contributed by atoms with E-state index in [2.05, 4.69) is 0 Å². The highest BCUT2D eigenvalue weighted by Crippen LogP contribution is 2.56. The predicted molar refractivity (Wildman–Crippen MR) is 41.7 cm³/mol. The zero-order valence-corrected chi connectivity index (χ0v) is 6.97. The summed E-state index contributed by atoms with van der Waals surface area (Å²) in [6.45, 7) is 0. The quantitative estimate of drug-likeness (QED) is 0.617. The third-order valence-electron chi connectivity index (χ3n) is 3.22. The fourth-order valence-electron chi connectivity index (χ4n) is 2.51. The number of carboxylic acid groups (broad SMARTS) is 1. The zero-order valence-electron chi connectivity index (χ0n) is 6.22. The molecule has 11 heavy (non-hydrogen) atoms. The van der Waals surface area contributed by atoms with Gasteiger partial charge in [0.15, 0.2) is 0 Å². The summed E-state index contributed by atoms with van der Waals surface area (Å²) in [6.07, 6.45) is 3.58. The first kappa shape index (κ1) is 7.41. The summed E-state index contributed by atoms with van der Waals surface area (Å²) in [5.41, 5.74) is -0.549. The maximum Gasteiger partial charge on any atom is 0.311 e. The molecule has 1 N–H and O–H groups in total. The number of alkyl halides is 1. The average molecular weight is 175 g/mol. The summed E-state index contributed by atoms with van der Waals surface area (Å²) in [5.74, 6) is -0.0916. The Balaban J connectivity index is 2.29. The summed E-state index contributed by atoms with van der Waals surface area (Å²) in [6, 6.07) is 0. The highest BCUT2D eigenvalue weighted by Gasteiger charge is 2.56. The molecule has 2 rings (SSSR count). The van der Waals surface area contributed by atoms with E-state index in [4.69, 9.17) is 16.7 Å². The van der Waals surface area contributed by atoms with Gasteiger partial charge in [-0.1, -0.05) is 0 Å². The van der Waals surface area contributed by atoms with E-state index in [9.17, 15) is 4.79 Å². The number of hydrogen-bond donors (Lipinski definition) is 1. The minimum atomic E-state index is -0.683. The molecular weight excluding hydrogens is 164 g/mol. The standard InChI is InChI=1S/C8H11ClO2/c9-6-3-5-1-2-8(6,4-5)7(10)11/h5-6H,1-4H2,(H,10,11)/t5-,6+,8+/m1/s1. The van der Waals surface area contributed by atoms with Gasteiger partial charge in [0.25, 0.3) is 0 Å². The normalized spacial score (nSPS) is 48.1. The smallest absolute Gasteiger partial charge is 0.311 e. The molecule has 0 aliphatic heterocycles. The van der Waals surface area contributed by atoms with Crippen LogP contribution in [0.2, 0.25) is 0 Å². The largest absolute Gasteiger partial charge is 0.481 e. The number of halogens is 1. The van der Waals surface area contributed by atoms with Gasteiger partial charge in [-0.05, 0) is 31.6 Å². The van der Waals surface area contributed by atoms with E-state index in [1.165, 1.54) is 0 Å². The van der Waals surface area contributed by atoms with Crippen LogP contribution in [0.4, 0.5) is 0 Å². The fourth-order valence-corrected chi connectivity index (χ4v) is 3.06. The Kier molecular flexibility index (Phi) is 1.43. The van der Waals surface area contributed by atoms with Crippen LogP contribution in [0.25, 0.3) is 0 Å². The van der Waals surface area contributed by atoms with E-state index < -0.39 is 11.4 Å². The van der Waals surface area contributed by atoms with Crippen molar-refractivity contribution in [3.8, 4) is 0 Å². The van der Waals surface area contributed by atoms with Gasteiger partial charge in [-0.25, -0.2) is 0 Å². The first-order valence-corrected chi connectivity index (χ1v) is 4.46. The average Bonchev–Trinajstić information content (AvgIpc) is 2.43. The molecule has 0 heterocycles. The Morgan fingerprint density at radius 1 is 1.64 bits per heavy atom. The van der Waals surface area contributed by atoms with E-state index >= 15 is 0 Å². The SMILES string of the molecule is O=C(O)[C@]12CC[C@H](C[C@@H]1Cl)C2. The maximum absolute atomic E-state index is 10.9. The molecule has 2 bridgehead atoms. The Morgan fingerprint density at radius 3 is 2.64 bits per heavy atom. The van der Waals surface area contributed by atoms with Gasteiger partial charge in [0.2, 0.25) is 0 Å². The Hall–Kier alpha value is -0.240. The van der Waals surface area contributed by atoms with Gasteiger partial charge < -0.3 is 5.11 Å². The third-order valence-corrected chi connectivity index (χ3v) is 3.81. The minimum absolute atomic E-state index is 0.112. The summed E-state index contributed by atoms with van der Waals surface area (Å²) < 4.78 is 0. The van der Waals surface area contributed by atoms with Gasteiger partial charge in [0, 0.05) is 5.38 Å². The fraction of sp³-hybridized carbons (Fsp3) is 0.875. The van der Waals surface area contributed by atoms with Gasteiger partial charge in [0.1, 0.15) is 0 Å². The van der Waals surface area contributed by atoms with Crippen LogP contribution in [0.5, 0.6) is 0 Å². The second-order valence-electron chi connectivity index (χ2n) is 3.77. The van der Waals surface area contributed by atoms with Gasteiger partial charge in [0.05, 0.1) is 5.41 Å². The molecule has 0 aromatic rings. The van der Waals surface area contributed by atoms with Crippen molar-refractivity contribution in [2.45, 2.75) is 31.1 Å². The molecule has 2 nitrogen and oxygen atoms in total. The number of fused-ring (bicyclic) bond motifs is 2. The van der Waals surface area contributed by atoms with Crippen molar-refractivity contribution in [3.05, 3.63) is 0 Å². The molecular formula is C8H11ClO2. The predicted octanol–water partition coefficient (Wildman–Crippen LogP) is 1.87. The van der Waals surface area contributed by atoms with E-state index in [0.29, 0.717) is 5.92 Å². The molecule has 0 spiro atoms. The monoisotopic (exact) mass is 174 g/mol. The molecule has 0 saturated heterocycles. The molecule has 0 amide bonds. The second-order valence-corrected chi connectivity index (χ2v) is 4.30. The summed E-state index contributed by atoms with van der Waals surface area (Å²) >= 11 is 5.98. The van der Waals surface area contributed by atoms with Crippen molar-refractivity contribution in [1.29, 1.82) is 0 Å². The van der Waals surface area contributed by atoms with Crippen molar-refractivity contribution in [2.24, 2.45) is 11.3 Å². The second kappa shape index (κ2) is 2.13. The van der Waals surface area contributed by atoms with Gasteiger partial charge in [-0.15, -0.1) is 11.6 Å². The lowest BCUT2D eigenvalue weighted by Gasteiger charge is -2.25. The molecule has 3 heteroatoms. The van der Waals surface area contributed by atoms with E-state index in [0.717, 1.165) is 25.7 Å². The zero-order chi connectivity index (χ0) is 8.06. The van der Waals surface area contributed by atoms with Crippen molar-refractivity contribution < 1.29 is 9.90 Å². The highest BCUT2D eigenvalue weighted by atomic mass is 35.5. The van der Waals surface area contributed by atoms with Crippen molar-refractivity contribution in [1.82, 2.24) is 0 Å². The van der Waals surface area contributed by atoms with Gasteiger partial charge >= 0.3 is 5.97 Å². The minimum Gasteiger partial charge on any atom is -0.481 e. The van der Waals surface area contributed by atoms with Crippen LogP contribution < -0.4 is 0 Å². The number of carboxylic acids is 1. The van der Waals surface area contributed by atoms with Crippen molar-refractivity contribution >= 4 is 17.6 Å². The first-order chi connectivity index (χ1) is 5.15. The lowest BCUT2D eigenvalue weighted by molar-refractivity contribution is -0.148. The van der Waals surface area contributed by atoms with Crippen molar-refractivity contribution in [2.75, 3.05) is 0 Å². The number of carbonyl (C=O) groups is 1. The third kappa shape index (κ3) is 0.821. The molecule has 2 aliphatic carbocycles. The lowest BCUT2D eigenvalue weighted by Crippen LogP contribution is -2.34. The van der Waals surface area contributed by atoms with Crippen LogP contribution >= 0.6 is 11.6 Å². The molecule has 0 radical (unpaired) electrons. The lowest BCUT2D eigenvalue weighted by atomic mass is 9.84. The van der Waals surface area contributed by atoms with Crippen LogP contribution in [0.3, 0.4) is 0 Å². The number of hydrogen-bond acceptors (Lipinski definition) is 1. The molecule has 0 aromatic heterocycles.